The van der Waals surface area contributed by atoms with Crippen molar-refractivity contribution in [2.24, 2.45) is 5.92 Å². The summed E-state index contributed by atoms with van der Waals surface area (Å²) in [6, 6.07) is 7.88. The molecule has 0 bridgehead atoms. The van der Waals surface area contributed by atoms with E-state index in [4.69, 9.17) is 14.5 Å². The van der Waals surface area contributed by atoms with Gasteiger partial charge in [-0.05, 0) is 49.7 Å². The molecule has 1 saturated heterocycles. The number of ether oxygens (including phenoxy) is 2. The van der Waals surface area contributed by atoms with Gasteiger partial charge in [-0.2, -0.15) is 0 Å². The standard InChI is InChI=1S/C20H23NO3/c1-13-8-9-18-16(11-13)19(15-6-2-3-7-17(15)21-18)20(22)24-12-14-5-4-10-23-14/h2-3,6-7,13-14H,4-5,8-12H2,1H3/t13-,14+/m1/s1. The zero-order valence-corrected chi connectivity index (χ0v) is 14.1. The molecule has 1 fully saturated rings. The van der Waals surface area contributed by atoms with Crippen molar-refractivity contribution in [2.45, 2.75) is 45.1 Å². The van der Waals surface area contributed by atoms with E-state index in [0.717, 1.165) is 66.4 Å². The van der Waals surface area contributed by atoms with Gasteiger partial charge >= 0.3 is 5.97 Å². The molecule has 2 atom stereocenters. The van der Waals surface area contributed by atoms with Crippen LogP contribution < -0.4 is 0 Å². The number of aromatic nitrogens is 1. The number of aryl methyl sites for hydroxylation is 1. The Balaban J connectivity index is 1.71. The van der Waals surface area contributed by atoms with Crippen LogP contribution in [0.25, 0.3) is 10.9 Å². The van der Waals surface area contributed by atoms with Crippen LogP contribution in [0.1, 0.15) is 47.8 Å². The summed E-state index contributed by atoms with van der Waals surface area (Å²) in [6.45, 7) is 3.35. The van der Waals surface area contributed by atoms with Crippen LogP contribution in [-0.2, 0) is 22.3 Å². The van der Waals surface area contributed by atoms with Crippen molar-refractivity contribution in [1.29, 1.82) is 0 Å². The monoisotopic (exact) mass is 325 g/mol. The molecule has 4 rings (SSSR count). The molecular formula is C20H23NO3. The Morgan fingerprint density at radius 1 is 1.33 bits per heavy atom. The molecule has 0 unspecified atom stereocenters. The second-order valence-electron chi connectivity index (χ2n) is 7.01. The van der Waals surface area contributed by atoms with Gasteiger partial charge in [0.25, 0.3) is 0 Å². The highest BCUT2D eigenvalue weighted by molar-refractivity contribution is 6.05. The third-order valence-corrected chi connectivity index (χ3v) is 5.13. The number of hydrogen-bond donors (Lipinski definition) is 0. The molecule has 1 aliphatic heterocycles. The second-order valence-corrected chi connectivity index (χ2v) is 7.01. The maximum atomic E-state index is 12.9. The van der Waals surface area contributed by atoms with Crippen molar-refractivity contribution in [1.82, 2.24) is 4.98 Å². The fraction of sp³-hybridized carbons (Fsp3) is 0.500. The first-order valence-electron chi connectivity index (χ1n) is 8.91. The summed E-state index contributed by atoms with van der Waals surface area (Å²) in [5.74, 6) is 0.347. The maximum absolute atomic E-state index is 12.9. The molecule has 2 aromatic rings. The fourth-order valence-electron chi connectivity index (χ4n) is 3.81. The largest absolute Gasteiger partial charge is 0.459 e. The van der Waals surface area contributed by atoms with Crippen LogP contribution in [0.2, 0.25) is 0 Å². The van der Waals surface area contributed by atoms with Gasteiger partial charge < -0.3 is 9.47 Å². The Labute approximate surface area is 142 Å². The number of fused-ring (bicyclic) bond motifs is 2. The van der Waals surface area contributed by atoms with E-state index in [1.54, 1.807) is 0 Å². The highest BCUT2D eigenvalue weighted by Crippen LogP contribution is 2.32. The zero-order valence-electron chi connectivity index (χ0n) is 14.1. The fourth-order valence-corrected chi connectivity index (χ4v) is 3.81. The number of benzene rings is 1. The molecule has 0 amide bonds. The summed E-state index contributed by atoms with van der Waals surface area (Å²) in [5.41, 5.74) is 3.76. The molecular weight excluding hydrogens is 302 g/mol. The first-order valence-corrected chi connectivity index (χ1v) is 8.91. The lowest BCUT2D eigenvalue weighted by Crippen LogP contribution is -2.22. The Morgan fingerprint density at radius 2 is 2.21 bits per heavy atom. The highest BCUT2D eigenvalue weighted by Gasteiger charge is 2.27. The molecule has 24 heavy (non-hydrogen) atoms. The third-order valence-electron chi connectivity index (χ3n) is 5.13. The van der Waals surface area contributed by atoms with Gasteiger partial charge in [0.15, 0.2) is 0 Å². The van der Waals surface area contributed by atoms with Gasteiger partial charge in [-0.3, -0.25) is 4.98 Å². The Bertz CT molecular complexity index is 765. The Hall–Kier alpha value is -1.94. The minimum atomic E-state index is -0.227. The van der Waals surface area contributed by atoms with Crippen molar-refractivity contribution in [2.75, 3.05) is 13.2 Å². The Morgan fingerprint density at radius 3 is 3.04 bits per heavy atom. The van der Waals surface area contributed by atoms with E-state index in [9.17, 15) is 4.79 Å². The summed E-state index contributed by atoms with van der Waals surface area (Å²) >= 11 is 0. The molecule has 0 radical (unpaired) electrons. The van der Waals surface area contributed by atoms with Crippen LogP contribution >= 0.6 is 0 Å². The lowest BCUT2D eigenvalue weighted by Gasteiger charge is -2.24. The average Bonchev–Trinajstić information content (AvgIpc) is 3.11. The molecule has 4 nitrogen and oxygen atoms in total. The zero-order chi connectivity index (χ0) is 16.5. The predicted molar refractivity (Wildman–Crippen MR) is 92.2 cm³/mol. The first kappa shape index (κ1) is 15.6. The molecule has 126 valence electrons. The summed E-state index contributed by atoms with van der Waals surface area (Å²) in [6.07, 6.45) is 5.04. The maximum Gasteiger partial charge on any atom is 0.339 e. The first-order chi connectivity index (χ1) is 11.7. The van der Waals surface area contributed by atoms with Crippen LogP contribution in [0.5, 0.6) is 0 Å². The van der Waals surface area contributed by atoms with E-state index in [-0.39, 0.29) is 12.1 Å². The summed E-state index contributed by atoms with van der Waals surface area (Å²) in [5, 5.41) is 0.905. The molecule has 1 aromatic heterocycles. The van der Waals surface area contributed by atoms with Crippen molar-refractivity contribution < 1.29 is 14.3 Å². The number of nitrogens with zero attached hydrogens (tertiary/aromatic N) is 1. The minimum absolute atomic E-state index is 0.0526. The molecule has 0 N–H and O–H groups in total. The molecule has 1 aliphatic carbocycles. The van der Waals surface area contributed by atoms with Gasteiger partial charge in [0, 0.05) is 17.7 Å². The van der Waals surface area contributed by atoms with Crippen LogP contribution in [0.15, 0.2) is 24.3 Å². The molecule has 4 heteroatoms. The normalized spacial score (nSPS) is 23.2. The lowest BCUT2D eigenvalue weighted by atomic mass is 9.84. The second kappa shape index (κ2) is 6.52. The van der Waals surface area contributed by atoms with Gasteiger partial charge in [-0.15, -0.1) is 0 Å². The number of hydrogen-bond acceptors (Lipinski definition) is 4. The lowest BCUT2D eigenvalue weighted by molar-refractivity contribution is 0.0161. The van der Waals surface area contributed by atoms with Crippen molar-refractivity contribution in [3.8, 4) is 0 Å². The van der Waals surface area contributed by atoms with E-state index < -0.39 is 0 Å². The summed E-state index contributed by atoms with van der Waals surface area (Å²) in [4.78, 5) is 17.7. The summed E-state index contributed by atoms with van der Waals surface area (Å²) < 4.78 is 11.2. The number of para-hydroxylation sites is 1. The number of esters is 1. The van der Waals surface area contributed by atoms with Gasteiger partial charge in [-0.25, -0.2) is 4.79 Å². The quantitative estimate of drug-likeness (QED) is 0.808. The molecule has 2 aliphatic rings. The molecule has 2 heterocycles. The number of carbonyl (C=O) groups is 1. The van der Waals surface area contributed by atoms with E-state index >= 15 is 0 Å². The van der Waals surface area contributed by atoms with Gasteiger partial charge in [0.2, 0.25) is 0 Å². The van der Waals surface area contributed by atoms with E-state index in [1.165, 1.54) is 0 Å². The third kappa shape index (κ3) is 2.91. The van der Waals surface area contributed by atoms with Crippen molar-refractivity contribution in [3.05, 3.63) is 41.1 Å². The van der Waals surface area contributed by atoms with Crippen molar-refractivity contribution in [3.63, 3.8) is 0 Å². The van der Waals surface area contributed by atoms with Gasteiger partial charge in [0.1, 0.15) is 6.61 Å². The van der Waals surface area contributed by atoms with Gasteiger partial charge in [0.05, 0.1) is 17.2 Å². The van der Waals surface area contributed by atoms with Gasteiger partial charge in [-0.1, -0.05) is 25.1 Å². The predicted octanol–water partition coefficient (Wildman–Crippen LogP) is 3.70. The average molecular weight is 325 g/mol. The Kier molecular flexibility index (Phi) is 4.23. The van der Waals surface area contributed by atoms with E-state index in [0.29, 0.717) is 12.5 Å². The van der Waals surface area contributed by atoms with Crippen LogP contribution in [0.3, 0.4) is 0 Å². The van der Waals surface area contributed by atoms with E-state index in [1.807, 2.05) is 24.3 Å². The SMILES string of the molecule is C[C@@H]1CCc2nc3ccccc3c(C(=O)OC[C@@H]3CCCO3)c2C1. The molecule has 0 saturated carbocycles. The smallest absolute Gasteiger partial charge is 0.339 e. The number of carbonyl (C=O) groups excluding carboxylic acids is 1. The molecule has 1 aromatic carbocycles. The number of rotatable bonds is 3. The summed E-state index contributed by atoms with van der Waals surface area (Å²) in [7, 11) is 0. The molecule has 0 spiro atoms. The van der Waals surface area contributed by atoms with E-state index in [2.05, 4.69) is 6.92 Å². The topological polar surface area (TPSA) is 48.4 Å². The minimum Gasteiger partial charge on any atom is -0.459 e. The van der Waals surface area contributed by atoms with Crippen LogP contribution in [0.4, 0.5) is 0 Å². The number of pyridine rings is 1. The van der Waals surface area contributed by atoms with Crippen LogP contribution in [-0.4, -0.2) is 30.3 Å². The highest BCUT2D eigenvalue weighted by atomic mass is 16.6. The van der Waals surface area contributed by atoms with Crippen LogP contribution in [0, 0.1) is 5.92 Å². The van der Waals surface area contributed by atoms with Crippen molar-refractivity contribution >= 4 is 16.9 Å².